The summed E-state index contributed by atoms with van der Waals surface area (Å²) in [5.41, 5.74) is 0.621. The van der Waals surface area contributed by atoms with Crippen molar-refractivity contribution >= 4 is 54.1 Å². The molecule has 100 valence electrons. The molecule has 0 radical (unpaired) electrons. The van der Waals surface area contributed by atoms with E-state index in [1.165, 1.54) is 0 Å². The van der Waals surface area contributed by atoms with Crippen molar-refractivity contribution in [2.45, 2.75) is 19.8 Å². The second kappa shape index (κ2) is 7.00. The third kappa shape index (κ3) is 4.97. The van der Waals surface area contributed by atoms with Crippen LogP contribution in [-0.2, 0) is 9.84 Å². The molecule has 0 amide bonds. The second-order valence-corrected chi connectivity index (χ2v) is 8.46. The van der Waals surface area contributed by atoms with Crippen molar-refractivity contribution in [1.29, 1.82) is 0 Å². The summed E-state index contributed by atoms with van der Waals surface area (Å²) in [6.07, 6.45) is 0.644. The molecule has 1 aromatic rings. The molecule has 0 aliphatic rings. The van der Waals surface area contributed by atoms with E-state index in [1.807, 2.05) is 12.1 Å². The summed E-state index contributed by atoms with van der Waals surface area (Å²) in [5, 5.41) is 0. The molecule has 0 atom stereocenters. The van der Waals surface area contributed by atoms with Crippen molar-refractivity contribution in [3.05, 3.63) is 31.8 Å². The first-order valence-corrected chi connectivity index (χ1v) is 9.23. The first-order chi connectivity index (χ1) is 8.35. The van der Waals surface area contributed by atoms with E-state index < -0.39 is 9.84 Å². The third-order valence-corrected chi connectivity index (χ3v) is 5.68. The van der Waals surface area contributed by atoms with E-state index >= 15 is 0 Å². The normalized spacial score (nSPS) is 11.5. The van der Waals surface area contributed by atoms with Gasteiger partial charge in [-0.15, -0.1) is 0 Å². The molecular weight excluding hydrogens is 431 g/mol. The summed E-state index contributed by atoms with van der Waals surface area (Å²) < 4.78 is 24.4. The van der Waals surface area contributed by atoms with Crippen LogP contribution in [0.5, 0.6) is 0 Å². The van der Waals surface area contributed by atoms with E-state index in [4.69, 9.17) is 0 Å². The molecule has 0 aliphatic heterocycles. The van der Waals surface area contributed by atoms with Crippen LogP contribution in [0.25, 0.3) is 0 Å². The van der Waals surface area contributed by atoms with Gasteiger partial charge in [0.05, 0.1) is 5.75 Å². The maximum Gasteiger partial charge on any atom is 0.164 e. The van der Waals surface area contributed by atoms with Gasteiger partial charge in [0.15, 0.2) is 5.78 Å². The van der Waals surface area contributed by atoms with E-state index in [9.17, 15) is 13.2 Å². The molecule has 1 aromatic carbocycles. The average Bonchev–Trinajstić information content (AvgIpc) is 2.32. The lowest BCUT2D eigenvalue weighted by Crippen LogP contribution is -2.10. The van der Waals surface area contributed by atoms with Gasteiger partial charge in [-0.05, 0) is 47.2 Å². The van der Waals surface area contributed by atoms with Gasteiger partial charge in [-0.3, -0.25) is 4.79 Å². The molecule has 0 spiro atoms. The van der Waals surface area contributed by atoms with Gasteiger partial charge < -0.3 is 0 Å². The summed E-state index contributed by atoms with van der Waals surface area (Å²) in [6.45, 7) is 1.62. The van der Waals surface area contributed by atoms with Crippen LogP contribution in [-0.4, -0.2) is 25.7 Å². The van der Waals surface area contributed by atoms with Crippen LogP contribution in [0.2, 0.25) is 0 Å². The topological polar surface area (TPSA) is 51.2 Å². The maximum atomic E-state index is 12.0. The molecule has 18 heavy (non-hydrogen) atoms. The first-order valence-electron chi connectivity index (χ1n) is 5.54. The van der Waals surface area contributed by atoms with Crippen LogP contribution in [0.1, 0.15) is 30.1 Å². The summed E-state index contributed by atoms with van der Waals surface area (Å²) >= 11 is 5.48. The Morgan fingerprint density at radius 3 is 2.67 bits per heavy atom. The largest absolute Gasteiger partial charge is 0.294 e. The second-order valence-electron chi connectivity index (χ2n) is 3.89. The number of ketones is 1. The highest BCUT2D eigenvalue weighted by atomic mass is 127. The Balaban J connectivity index is 2.64. The van der Waals surface area contributed by atoms with E-state index in [0.717, 1.165) is 8.04 Å². The Kier molecular flexibility index (Phi) is 6.26. The van der Waals surface area contributed by atoms with Gasteiger partial charge in [-0.1, -0.05) is 22.9 Å². The van der Waals surface area contributed by atoms with E-state index in [0.29, 0.717) is 12.0 Å². The molecule has 0 N–H and O–H groups in total. The molecule has 0 fully saturated rings. The van der Waals surface area contributed by atoms with Gasteiger partial charge in [-0.2, -0.15) is 0 Å². The smallest absolute Gasteiger partial charge is 0.164 e. The minimum Gasteiger partial charge on any atom is -0.294 e. The number of carbonyl (C=O) groups excluding carboxylic acids is 1. The molecule has 6 heteroatoms. The standard InChI is InChI=1S/C12H14BrIO3S/c1-2-18(16,17)7-3-4-12(15)10-8-9(14)5-6-11(10)13/h5-6,8H,2-4,7H2,1H3. The number of halogens is 2. The summed E-state index contributed by atoms with van der Waals surface area (Å²) in [7, 11) is -2.98. The van der Waals surface area contributed by atoms with Gasteiger partial charge in [0.2, 0.25) is 0 Å². The quantitative estimate of drug-likeness (QED) is 0.498. The SMILES string of the molecule is CCS(=O)(=O)CCCC(=O)c1cc(I)ccc1Br. The van der Waals surface area contributed by atoms with Crippen molar-refractivity contribution in [3.63, 3.8) is 0 Å². The summed E-state index contributed by atoms with van der Waals surface area (Å²) in [4.78, 5) is 12.0. The van der Waals surface area contributed by atoms with Crippen molar-refractivity contribution in [1.82, 2.24) is 0 Å². The number of hydrogen-bond donors (Lipinski definition) is 0. The van der Waals surface area contributed by atoms with E-state index in [1.54, 1.807) is 13.0 Å². The number of benzene rings is 1. The van der Waals surface area contributed by atoms with E-state index in [-0.39, 0.29) is 23.7 Å². The van der Waals surface area contributed by atoms with Gasteiger partial charge in [0.1, 0.15) is 9.84 Å². The van der Waals surface area contributed by atoms with Crippen LogP contribution < -0.4 is 0 Å². The van der Waals surface area contributed by atoms with Gasteiger partial charge in [-0.25, -0.2) is 8.42 Å². The first kappa shape index (κ1) is 16.1. The highest BCUT2D eigenvalue weighted by Crippen LogP contribution is 2.21. The molecule has 0 aliphatic carbocycles. The fourth-order valence-electron chi connectivity index (χ4n) is 1.44. The zero-order chi connectivity index (χ0) is 13.8. The maximum absolute atomic E-state index is 12.0. The van der Waals surface area contributed by atoms with Crippen molar-refractivity contribution < 1.29 is 13.2 Å². The predicted molar refractivity (Wildman–Crippen MR) is 84.8 cm³/mol. The molecule has 3 nitrogen and oxygen atoms in total. The molecule has 0 unspecified atom stereocenters. The van der Waals surface area contributed by atoms with Crippen LogP contribution in [0.4, 0.5) is 0 Å². The van der Waals surface area contributed by atoms with Crippen molar-refractivity contribution in [2.24, 2.45) is 0 Å². The summed E-state index contributed by atoms with van der Waals surface area (Å²) in [6, 6.07) is 5.54. The molecule has 0 saturated carbocycles. The highest BCUT2D eigenvalue weighted by molar-refractivity contribution is 14.1. The predicted octanol–water partition coefficient (Wildman–Crippen LogP) is 3.45. The minimum atomic E-state index is -2.98. The van der Waals surface area contributed by atoms with Gasteiger partial charge in [0.25, 0.3) is 0 Å². The van der Waals surface area contributed by atoms with Crippen LogP contribution in [0, 0.1) is 3.57 Å². The summed E-state index contributed by atoms with van der Waals surface area (Å²) in [5.74, 6) is 0.192. The molecule has 0 saturated heterocycles. The van der Waals surface area contributed by atoms with Gasteiger partial charge >= 0.3 is 0 Å². The molecule has 0 bridgehead atoms. The number of rotatable bonds is 6. The van der Waals surface area contributed by atoms with Gasteiger partial charge in [0, 0.05) is 25.8 Å². The number of sulfone groups is 1. The van der Waals surface area contributed by atoms with Crippen molar-refractivity contribution in [3.8, 4) is 0 Å². The Labute approximate surface area is 130 Å². The molecule has 0 aromatic heterocycles. The third-order valence-electron chi connectivity index (χ3n) is 2.53. The Morgan fingerprint density at radius 2 is 2.06 bits per heavy atom. The number of hydrogen-bond acceptors (Lipinski definition) is 3. The van der Waals surface area contributed by atoms with Crippen molar-refractivity contribution in [2.75, 3.05) is 11.5 Å². The monoisotopic (exact) mass is 444 g/mol. The zero-order valence-electron chi connectivity index (χ0n) is 9.95. The lowest BCUT2D eigenvalue weighted by Gasteiger charge is -2.05. The zero-order valence-corrected chi connectivity index (χ0v) is 14.5. The average molecular weight is 445 g/mol. The van der Waals surface area contributed by atoms with Crippen LogP contribution >= 0.6 is 38.5 Å². The number of carbonyl (C=O) groups is 1. The molecule has 0 heterocycles. The lowest BCUT2D eigenvalue weighted by atomic mass is 10.1. The Morgan fingerprint density at radius 1 is 1.39 bits per heavy atom. The fraction of sp³-hybridized carbons (Fsp3) is 0.417. The van der Waals surface area contributed by atoms with Crippen LogP contribution in [0.3, 0.4) is 0 Å². The lowest BCUT2D eigenvalue weighted by molar-refractivity contribution is 0.0981. The Hall–Kier alpha value is 0.0500. The molecular formula is C12H14BrIO3S. The molecule has 1 rings (SSSR count). The van der Waals surface area contributed by atoms with Crippen LogP contribution in [0.15, 0.2) is 22.7 Å². The minimum absolute atomic E-state index is 0.0216. The number of Topliss-reactive ketones (excluding diaryl/α,β-unsaturated/α-hetero) is 1. The highest BCUT2D eigenvalue weighted by Gasteiger charge is 2.13. The van der Waals surface area contributed by atoms with E-state index in [2.05, 4.69) is 38.5 Å². The fourth-order valence-corrected chi connectivity index (χ4v) is 3.27. The Bertz CT molecular complexity index is 540.